The van der Waals surface area contributed by atoms with E-state index < -0.39 is 21.2 Å². The summed E-state index contributed by atoms with van der Waals surface area (Å²) in [6.45, 7) is 3.74. The number of hydrogen-bond donors (Lipinski definition) is 1. The van der Waals surface area contributed by atoms with Crippen molar-refractivity contribution in [2.24, 2.45) is 5.10 Å². The average molecular weight is 403 g/mol. The van der Waals surface area contributed by atoms with E-state index in [0.717, 1.165) is 11.1 Å². The van der Waals surface area contributed by atoms with Crippen LogP contribution in [0.15, 0.2) is 64.6 Å². The molecule has 6 nitrogen and oxygen atoms in total. The Kier molecular flexibility index (Phi) is 5.61. The SMILES string of the molecule is COC1(OC)CC(C(C)=NNS(=O)(=O)c2ccc(C)cc2)(c2ccccc2)C1. The number of ether oxygens (including phenoxy) is 2. The molecule has 1 aliphatic carbocycles. The molecule has 1 saturated carbocycles. The molecule has 1 N–H and O–H groups in total. The summed E-state index contributed by atoms with van der Waals surface area (Å²) in [4.78, 5) is 2.56. The molecule has 3 rings (SSSR count). The minimum Gasteiger partial charge on any atom is -0.353 e. The van der Waals surface area contributed by atoms with Gasteiger partial charge >= 0.3 is 0 Å². The molecule has 0 aromatic heterocycles. The van der Waals surface area contributed by atoms with Crippen molar-refractivity contribution in [3.8, 4) is 0 Å². The first kappa shape index (κ1) is 20.5. The van der Waals surface area contributed by atoms with Crippen LogP contribution in [0.5, 0.6) is 0 Å². The molecule has 0 radical (unpaired) electrons. The highest BCUT2D eigenvalue weighted by atomic mass is 32.2. The fourth-order valence-corrected chi connectivity index (χ4v) is 4.53. The van der Waals surface area contributed by atoms with E-state index in [0.29, 0.717) is 18.6 Å². The number of sulfonamides is 1. The quantitative estimate of drug-likeness (QED) is 0.438. The molecule has 0 aliphatic heterocycles. The van der Waals surface area contributed by atoms with Gasteiger partial charge in [-0.1, -0.05) is 48.0 Å². The second-order valence-electron chi connectivity index (χ2n) is 7.23. The van der Waals surface area contributed by atoms with Gasteiger partial charge in [-0.15, -0.1) is 0 Å². The molecule has 28 heavy (non-hydrogen) atoms. The minimum absolute atomic E-state index is 0.181. The van der Waals surface area contributed by atoms with Crippen LogP contribution in [0.3, 0.4) is 0 Å². The third kappa shape index (κ3) is 3.70. The van der Waals surface area contributed by atoms with E-state index in [1.54, 1.807) is 38.5 Å². The van der Waals surface area contributed by atoms with Crippen molar-refractivity contribution in [3.63, 3.8) is 0 Å². The lowest BCUT2D eigenvalue weighted by molar-refractivity contribution is -0.267. The first-order chi connectivity index (χ1) is 13.3. The second-order valence-corrected chi connectivity index (χ2v) is 8.89. The Morgan fingerprint density at radius 2 is 1.57 bits per heavy atom. The third-order valence-electron chi connectivity index (χ3n) is 5.57. The van der Waals surface area contributed by atoms with Crippen molar-refractivity contribution in [2.45, 2.75) is 42.8 Å². The van der Waals surface area contributed by atoms with Crippen LogP contribution in [0.4, 0.5) is 0 Å². The highest BCUT2D eigenvalue weighted by molar-refractivity contribution is 7.89. The van der Waals surface area contributed by atoms with Crippen LogP contribution in [0.2, 0.25) is 0 Å². The van der Waals surface area contributed by atoms with Crippen molar-refractivity contribution in [2.75, 3.05) is 14.2 Å². The smallest absolute Gasteiger partial charge is 0.276 e. The Labute approximate surface area is 166 Å². The van der Waals surface area contributed by atoms with Gasteiger partial charge in [0.05, 0.1) is 4.90 Å². The Hall–Kier alpha value is -2.22. The summed E-state index contributed by atoms with van der Waals surface area (Å²) < 4.78 is 36.3. The molecule has 150 valence electrons. The van der Waals surface area contributed by atoms with Crippen molar-refractivity contribution in [3.05, 3.63) is 65.7 Å². The topological polar surface area (TPSA) is 77.0 Å². The van der Waals surface area contributed by atoms with Crippen LogP contribution >= 0.6 is 0 Å². The maximum Gasteiger partial charge on any atom is 0.276 e. The van der Waals surface area contributed by atoms with Gasteiger partial charge in [-0.3, -0.25) is 0 Å². The van der Waals surface area contributed by atoms with Gasteiger partial charge in [-0.2, -0.15) is 13.5 Å². The fourth-order valence-electron chi connectivity index (χ4n) is 3.67. The zero-order chi connectivity index (χ0) is 20.4. The Morgan fingerprint density at radius 3 is 2.11 bits per heavy atom. The van der Waals surface area contributed by atoms with Crippen LogP contribution < -0.4 is 4.83 Å². The number of nitrogens with zero attached hydrogens (tertiary/aromatic N) is 1. The Bertz CT molecular complexity index is 942. The Balaban J connectivity index is 1.90. The van der Waals surface area contributed by atoms with Crippen molar-refractivity contribution in [1.82, 2.24) is 4.83 Å². The zero-order valence-electron chi connectivity index (χ0n) is 16.6. The van der Waals surface area contributed by atoms with Gasteiger partial charge in [-0.05, 0) is 31.5 Å². The maximum atomic E-state index is 12.6. The van der Waals surface area contributed by atoms with Gasteiger partial charge in [0, 0.05) is 38.2 Å². The Morgan fingerprint density at radius 1 is 1.00 bits per heavy atom. The van der Waals surface area contributed by atoms with Gasteiger partial charge in [0.2, 0.25) is 0 Å². The molecule has 1 fully saturated rings. The molecule has 0 unspecified atom stereocenters. The van der Waals surface area contributed by atoms with Crippen LogP contribution in [-0.2, 0) is 24.9 Å². The number of methoxy groups -OCH3 is 2. The minimum atomic E-state index is -3.74. The van der Waals surface area contributed by atoms with Crippen LogP contribution in [0.25, 0.3) is 0 Å². The summed E-state index contributed by atoms with van der Waals surface area (Å²) in [6.07, 6.45) is 1.11. The van der Waals surface area contributed by atoms with E-state index in [1.807, 2.05) is 44.2 Å². The van der Waals surface area contributed by atoms with Gasteiger partial charge in [-0.25, -0.2) is 4.83 Å². The number of benzene rings is 2. The molecule has 0 saturated heterocycles. The number of aryl methyl sites for hydroxylation is 1. The van der Waals surface area contributed by atoms with Gasteiger partial charge < -0.3 is 9.47 Å². The first-order valence-electron chi connectivity index (χ1n) is 9.06. The standard InChI is InChI=1S/C21H26N2O4S/c1-16-10-12-19(13-11-16)28(24,25)23-22-17(2)20(18-8-6-5-7-9-18)14-21(15-20,26-3)27-4/h5-13,23H,14-15H2,1-4H3. The summed E-state index contributed by atoms with van der Waals surface area (Å²) in [6, 6.07) is 16.6. The predicted octanol–water partition coefficient (Wildman–Crippen LogP) is 3.37. The van der Waals surface area contributed by atoms with E-state index in [9.17, 15) is 8.42 Å². The van der Waals surface area contributed by atoms with Crippen molar-refractivity contribution >= 4 is 15.7 Å². The molecule has 1 aliphatic rings. The first-order valence-corrected chi connectivity index (χ1v) is 10.5. The van der Waals surface area contributed by atoms with E-state index in [1.165, 1.54) is 0 Å². The maximum absolute atomic E-state index is 12.6. The molecule has 2 aromatic carbocycles. The molecule has 0 spiro atoms. The number of hydrogen-bond acceptors (Lipinski definition) is 5. The molecular weight excluding hydrogens is 376 g/mol. The third-order valence-corrected chi connectivity index (χ3v) is 6.79. The zero-order valence-corrected chi connectivity index (χ0v) is 17.4. The van der Waals surface area contributed by atoms with E-state index in [4.69, 9.17) is 9.47 Å². The summed E-state index contributed by atoms with van der Waals surface area (Å²) >= 11 is 0. The molecule has 2 aromatic rings. The monoisotopic (exact) mass is 402 g/mol. The number of rotatable bonds is 7. The van der Waals surface area contributed by atoms with Gasteiger partial charge in [0.1, 0.15) is 0 Å². The van der Waals surface area contributed by atoms with Crippen molar-refractivity contribution < 1.29 is 17.9 Å². The molecule has 0 heterocycles. The number of nitrogens with one attached hydrogen (secondary N) is 1. The van der Waals surface area contributed by atoms with Crippen LogP contribution in [0.1, 0.15) is 30.9 Å². The predicted molar refractivity (Wildman–Crippen MR) is 109 cm³/mol. The molecule has 7 heteroatoms. The lowest BCUT2D eigenvalue weighted by Gasteiger charge is -2.54. The van der Waals surface area contributed by atoms with Crippen molar-refractivity contribution in [1.29, 1.82) is 0 Å². The van der Waals surface area contributed by atoms with Gasteiger partial charge in [0.15, 0.2) is 5.79 Å². The highest BCUT2D eigenvalue weighted by Crippen LogP contribution is 2.53. The summed E-state index contributed by atoms with van der Waals surface area (Å²) in [5.74, 6) is -0.692. The second kappa shape index (κ2) is 7.66. The normalized spacial score (nSPS) is 18.4. The van der Waals surface area contributed by atoms with E-state index in [-0.39, 0.29) is 4.90 Å². The molecule has 0 atom stereocenters. The number of hydrazone groups is 1. The van der Waals surface area contributed by atoms with E-state index in [2.05, 4.69) is 9.93 Å². The highest BCUT2D eigenvalue weighted by Gasteiger charge is 2.58. The largest absolute Gasteiger partial charge is 0.353 e. The fraction of sp³-hybridized carbons (Fsp3) is 0.381. The summed E-state index contributed by atoms with van der Waals surface area (Å²) in [5.41, 5.74) is 2.25. The van der Waals surface area contributed by atoms with Gasteiger partial charge in [0.25, 0.3) is 10.0 Å². The lowest BCUT2D eigenvalue weighted by atomic mass is 9.58. The molecular formula is C21H26N2O4S. The molecule has 0 bridgehead atoms. The average Bonchev–Trinajstić information content (AvgIpc) is 2.68. The summed E-state index contributed by atoms with van der Waals surface area (Å²) in [5, 5.41) is 4.27. The van der Waals surface area contributed by atoms with Crippen LogP contribution in [0, 0.1) is 6.92 Å². The lowest BCUT2D eigenvalue weighted by Crippen LogP contribution is -2.60. The van der Waals surface area contributed by atoms with Crippen LogP contribution in [-0.4, -0.2) is 34.1 Å². The molecule has 0 amide bonds. The van der Waals surface area contributed by atoms with E-state index >= 15 is 0 Å². The summed E-state index contributed by atoms with van der Waals surface area (Å²) in [7, 11) is -0.506.